The van der Waals surface area contributed by atoms with Crippen LogP contribution in [0.3, 0.4) is 0 Å². The van der Waals surface area contributed by atoms with Crippen molar-refractivity contribution in [1.82, 2.24) is 9.13 Å². The van der Waals surface area contributed by atoms with Gasteiger partial charge in [0.1, 0.15) is 11.5 Å². The van der Waals surface area contributed by atoms with E-state index in [2.05, 4.69) is 10.3 Å². The molecule has 1 N–H and O–H groups in total. The van der Waals surface area contributed by atoms with Crippen LogP contribution in [0.2, 0.25) is 0 Å². The minimum Gasteiger partial charge on any atom is -0.357 e. The quantitative estimate of drug-likeness (QED) is 0.699. The lowest BCUT2D eigenvalue weighted by Gasteiger charge is -2.28. The number of Topliss-reactive ketones (excluding diaryl/α,β-unsaturated/α-hetero) is 1. The third kappa shape index (κ3) is 3.10. The minimum atomic E-state index is -0.589. The van der Waals surface area contributed by atoms with Crippen molar-refractivity contribution in [2.75, 3.05) is 5.32 Å². The molecule has 3 aromatic rings. The van der Waals surface area contributed by atoms with E-state index in [9.17, 15) is 14.4 Å². The number of benzene rings is 2. The van der Waals surface area contributed by atoms with Crippen LogP contribution in [0.15, 0.2) is 69.2 Å². The van der Waals surface area contributed by atoms with Gasteiger partial charge in [0.2, 0.25) is 5.78 Å². The third-order valence-corrected chi connectivity index (χ3v) is 5.11. The maximum absolute atomic E-state index is 13.3. The Labute approximate surface area is 167 Å². The topological polar surface area (TPSA) is 85.5 Å². The summed E-state index contributed by atoms with van der Waals surface area (Å²) in [7, 11) is 2.96. The van der Waals surface area contributed by atoms with Crippen molar-refractivity contribution in [2.45, 2.75) is 13.0 Å². The molecule has 1 atom stereocenters. The van der Waals surface area contributed by atoms with Gasteiger partial charge in [0.25, 0.3) is 5.56 Å². The number of ketones is 1. The number of hydrogen-bond acceptors (Lipinski definition) is 5. The van der Waals surface area contributed by atoms with E-state index in [1.165, 1.54) is 11.6 Å². The average Bonchev–Trinajstić information content (AvgIpc) is 2.76. The molecule has 7 heteroatoms. The highest BCUT2D eigenvalue weighted by atomic mass is 16.2. The van der Waals surface area contributed by atoms with Gasteiger partial charge >= 0.3 is 5.69 Å². The molecule has 0 bridgehead atoms. The van der Waals surface area contributed by atoms with Crippen LogP contribution in [0.4, 0.5) is 11.5 Å². The third-order valence-electron chi connectivity index (χ3n) is 5.11. The molecular formula is C22H20N4O3. The van der Waals surface area contributed by atoms with Gasteiger partial charge in [-0.3, -0.25) is 18.7 Å². The molecule has 2 heterocycles. The number of carbonyl (C=O) groups excluding carboxylic acids is 1. The van der Waals surface area contributed by atoms with Gasteiger partial charge in [0.15, 0.2) is 5.69 Å². The lowest BCUT2D eigenvalue weighted by atomic mass is 9.93. The number of nitrogens with one attached hydrogen (secondary N) is 1. The van der Waals surface area contributed by atoms with Crippen molar-refractivity contribution in [1.29, 1.82) is 0 Å². The SMILES string of the molecule is Cc1ccc(C2Nc3c(c(=O)n(C)c(=O)n3C)N=C2C(=O)c2ccccc2)cc1. The van der Waals surface area contributed by atoms with E-state index in [1.54, 1.807) is 31.3 Å². The summed E-state index contributed by atoms with van der Waals surface area (Å²) in [5.74, 6) is 0.0264. The highest BCUT2D eigenvalue weighted by molar-refractivity contribution is 6.48. The molecule has 0 spiro atoms. The van der Waals surface area contributed by atoms with Gasteiger partial charge in [-0.15, -0.1) is 0 Å². The number of aromatic nitrogens is 2. The van der Waals surface area contributed by atoms with E-state index in [1.807, 2.05) is 37.3 Å². The lowest BCUT2D eigenvalue weighted by Crippen LogP contribution is -2.41. The second-order valence-electron chi connectivity index (χ2n) is 7.08. The van der Waals surface area contributed by atoms with E-state index in [-0.39, 0.29) is 17.2 Å². The predicted octanol–water partition coefficient (Wildman–Crippen LogP) is 2.51. The van der Waals surface area contributed by atoms with E-state index in [4.69, 9.17) is 0 Å². The number of aryl methyl sites for hydroxylation is 1. The standard InChI is InChI=1S/C22H20N4O3/c1-13-9-11-14(12-10-13)16-17(19(27)15-7-5-4-6-8-15)23-18-20(24-16)25(2)22(29)26(3)21(18)28/h4-12,16,24H,1-3H3. The number of rotatable bonds is 3. The summed E-state index contributed by atoms with van der Waals surface area (Å²) in [4.78, 5) is 42.8. The number of aliphatic imine (C=N–C) groups is 1. The number of anilines is 1. The Balaban J connectivity index is 1.96. The van der Waals surface area contributed by atoms with Gasteiger partial charge < -0.3 is 5.32 Å². The molecule has 0 saturated carbocycles. The Morgan fingerprint density at radius 1 is 0.966 bits per heavy atom. The Kier molecular flexibility index (Phi) is 4.50. The molecule has 1 aliphatic rings. The zero-order valence-electron chi connectivity index (χ0n) is 16.3. The Bertz CT molecular complexity index is 1250. The summed E-state index contributed by atoms with van der Waals surface area (Å²) in [5, 5.41) is 3.21. The van der Waals surface area contributed by atoms with Crippen molar-refractivity contribution in [3.8, 4) is 0 Å². The van der Waals surface area contributed by atoms with Gasteiger partial charge in [-0.05, 0) is 12.5 Å². The zero-order chi connectivity index (χ0) is 20.7. The highest BCUT2D eigenvalue weighted by Gasteiger charge is 2.32. The fourth-order valence-electron chi connectivity index (χ4n) is 3.40. The van der Waals surface area contributed by atoms with Gasteiger partial charge in [0, 0.05) is 19.7 Å². The van der Waals surface area contributed by atoms with Crippen molar-refractivity contribution in [2.24, 2.45) is 19.1 Å². The number of carbonyl (C=O) groups is 1. The Morgan fingerprint density at radius 2 is 1.62 bits per heavy atom. The molecule has 0 radical (unpaired) electrons. The first-order valence-electron chi connectivity index (χ1n) is 9.20. The molecule has 0 saturated heterocycles. The molecule has 4 rings (SSSR count). The summed E-state index contributed by atoms with van der Waals surface area (Å²) < 4.78 is 2.33. The molecule has 29 heavy (non-hydrogen) atoms. The number of fused-ring (bicyclic) bond motifs is 1. The Morgan fingerprint density at radius 3 is 2.28 bits per heavy atom. The summed E-state index contributed by atoms with van der Waals surface area (Å²) in [6.45, 7) is 1.98. The summed E-state index contributed by atoms with van der Waals surface area (Å²) in [6.07, 6.45) is 0. The second kappa shape index (κ2) is 7.01. The van der Waals surface area contributed by atoms with Gasteiger partial charge in [-0.25, -0.2) is 9.79 Å². The Hall–Kier alpha value is -3.74. The van der Waals surface area contributed by atoms with E-state index >= 15 is 0 Å². The lowest BCUT2D eigenvalue weighted by molar-refractivity contribution is 0.106. The van der Waals surface area contributed by atoms with Crippen LogP contribution in [0.1, 0.15) is 27.5 Å². The molecule has 7 nitrogen and oxygen atoms in total. The van der Waals surface area contributed by atoms with E-state index in [0.717, 1.165) is 15.7 Å². The largest absolute Gasteiger partial charge is 0.357 e. The highest BCUT2D eigenvalue weighted by Crippen LogP contribution is 2.32. The molecule has 0 fully saturated rings. The number of nitrogens with zero attached hydrogens (tertiary/aromatic N) is 3. The van der Waals surface area contributed by atoms with Crippen molar-refractivity contribution in [3.63, 3.8) is 0 Å². The molecule has 0 amide bonds. The molecule has 0 aliphatic carbocycles. The predicted molar refractivity (Wildman–Crippen MR) is 112 cm³/mol. The zero-order valence-corrected chi connectivity index (χ0v) is 16.3. The molecule has 1 unspecified atom stereocenters. The van der Waals surface area contributed by atoms with E-state index in [0.29, 0.717) is 11.4 Å². The second-order valence-corrected chi connectivity index (χ2v) is 7.08. The van der Waals surface area contributed by atoms with Crippen LogP contribution in [-0.2, 0) is 14.1 Å². The molecular weight excluding hydrogens is 368 g/mol. The van der Waals surface area contributed by atoms with Crippen molar-refractivity contribution < 1.29 is 4.79 Å². The first-order valence-corrected chi connectivity index (χ1v) is 9.20. The molecule has 1 aliphatic heterocycles. The van der Waals surface area contributed by atoms with Crippen molar-refractivity contribution >= 4 is 23.0 Å². The first kappa shape index (κ1) is 18.6. The van der Waals surface area contributed by atoms with Gasteiger partial charge in [-0.1, -0.05) is 60.2 Å². The fraction of sp³-hybridized carbons (Fsp3) is 0.182. The fourth-order valence-corrected chi connectivity index (χ4v) is 3.40. The minimum absolute atomic E-state index is 0.0530. The molecule has 1 aromatic heterocycles. The van der Waals surface area contributed by atoms with E-state index < -0.39 is 17.3 Å². The smallest absolute Gasteiger partial charge is 0.332 e. The normalized spacial score (nSPS) is 15.3. The van der Waals surface area contributed by atoms with Crippen LogP contribution in [0.5, 0.6) is 0 Å². The summed E-state index contributed by atoms with van der Waals surface area (Å²) in [5.41, 5.74) is 1.64. The maximum Gasteiger partial charge on any atom is 0.332 e. The van der Waals surface area contributed by atoms with Crippen molar-refractivity contribution in [3.05, 3.63) is 92.1 Å². The summed E-state index contributed by atoms with van der Waals surface area (Å²) in [6, 6.07) is 15.9. The van der Waals surface area contributed by atoms with Crippen LogP contribution < -0.4 is 16.6 Å². The van der Waals surface area contributed by atoms with Crippen LogP contribution in [0, 0.1) is 6.92 Å². The van der Waals surface area contributed by atoms with Crippen LogP contribution >= 0.6 is 0 Å². The summed E-state index contributed by atoms with van der Waals surface area (Å²) >= 11 is 0. The maximum atomic E-state index is 13.3. The average molecular weight is 388 g/mol. The monoisotopic (exact) mass is 388 g/mol. The van der Waals surface area contributed by atoms with Gasteiger partial charge in [-0.2, -0.15) is 0 Å². The molecule has 2 aromatic carbocycles. The number of hydrogen-bond donors (Lipinski definition) is 1. The molecule has 146 valence electrons. The van der Waals surface area contributed by atoms with Gasteiger partial charge in [0.05, 0.1) is 6.04 Å². The van der Waals surface area contributed by atoms with Crippen LogP contribution in [0.25, 0.3) is 0 Å². The van der Waals surface area contributed by atoms with Crippen LogP contribution in [-0.4, -0.2) is 20.6 Å². The first-order chi connectivity index (χ1) is 13.9.